The van der Waals surface area contributed by atoms with E-state index in [1.165, 1.54) is 0 Å². The summed E-state index contributed by atoms with van der Waals surface area (Å²) in [6.45, 7) is 6.12. The van der Waals surface area contributed by atoms with Gasteiger partial charge in [-0.3, -0.25) is 0 Å². The molecule has 0 aliphatic heterocycles. The number of sulfonamides is 1. The maximum atomic E-state index is 12.7. The van der Waals surface area contributed by atoms with Gasteiger partial charge in [0.05, 0.1) is 19.1 Å². The van der Waals surface area contributed by atoms with Crippen LogP contribution in [0.2, 0.25) is 0 Å². The zero-order chi connectivity index (χ0) is 20.0. The summed E-state index contributed by atoms with van der Waals surface area (Å²) in [7, 11) is -0.484. The van der Waals surface area contributed by atoms with Gasteiger partial charge in [-0.1, -0.05) is 19.9 Å². The average molecular weight is 394 g/mol. The summed E-state index contributed by atoms with van der Waals surface area (Å²) >= 11 is 0. The molecule has 0 heterocycles. The van der Waals surface area contributed by atoms with E-state index in [1.807, 2.05) is 26.0 Å². The monoisotopic (exact) mass is 393 g/mol. The molecule has 2 aromatic carbocycles. The molecule has 148 valence electrons. The smallest absolute Gasteiger partial charge is 0.240 e. The molecule has 0 aliphatic carbocycles. The molecule has 27 heavy (non-hydrogen) atoms. The Morgan fingerprint density at radius 1 is 1.04 bits per heavy atom. The Morgan fingerprint density at radius 2 is 1.74 bits per heavy atom. The van der Waals surface area contributed by atoms with Crippen molar-refractivity contribution in [3.05, 3.63) is 47.5 Å². The second-order valence-corrected chi connectivity index (χ2v) is 8.17. The van der Waals surface area contributed by atoms with E-state index >= 15 is 0 Å². The fourth-order valence-electron chi connectivity index (χ4n) is 2.71. The van der Waals surface area contributed by atoms with Crippen LogP contribution in [0.15, 0.2) is 41.3 Å². The Morgan fingerprint density at radius 3 is 2.37 bits per heavy atom. The SMILES string of the molecule is COc1cccc(OCCNS(=O)(=O)c2cc(C(C)C)c(OC)cc2C)c1. The standard InChI is InChI=1S/C20H27NO5S/c1-14(2)18-13-20(15(3)11-19(18)25-5)27(22,23)21-9-10-26-17-8-6-7-16(12-17)24-4/h6-8,11-14,21H,9-10H2,1-5H3. The van der Waals surface area contributed by atoms with Gasteiger partial charge in [0, 0.05) is 12.6 Å². The average Bonchev–Trinajstić information content (AvgIpc) is 2.64. The topological polar surface area (TPSA) is 73.9 Å². The second-order valence-electron chi connectivity index (χ2n) is 6.44. The van der Waals surface area contributed by atoms with Crippen molar-refractivity contribution in [2.45, 2.75) is 31.6 Å². The lowest BCUT2D eigenvalue weighted by molar-refractivity contribution is 0.320. The van der Waals surface area contributed by atoms with E-state index in [0.717, 1.165) is 5.56 Å². The van der Waals surface area contributed by atoms with Gasteiger partial charge in [-0.15, -0.1) is 0 Å². The molecule has 0 saturated carbocycles. The molecule has 0 amide bonds. The Balaban J connectivity index is 2.06. The first-order valence-electron chi connectivity index (χ1n) is 8.73. The number of ether oxygens (including phenoxy) is 3. The zero-order valence-corrected chi connectivity index (χ0v) is 17.2. The molecular weight excluding hydrogens is 366 g/mol. The van der Waals surface area contributed by atoms with Crippen LogP contribution in [0, 0.1) is 6.92 Å². The van der Waals surface area contributed by atoms with Crippen molar-refractivity contribution in [3.8, 4) is 17.2 Å². The van der Waals surface area contributed by atoms with Crippen molar-refractivity contribution < 1.29 is 22.6 Å². The minimum absolute atomic E-state index is 0.144. The van der Waals surface area contributed by atoms with Crippen LogP contribution in [-0.2, 0) is 10.0 Å². The summed E-state index contributed by atoms with van der Waals surface area (Å²) in [4.78, 5) is 0.258. The third kappa shape index (κ3) is 5.37. The van der Waals surface area contributed by atoms with Crippen LogP contribution in [0.3, 0.4) is 0 Å². The van der Waals surface area contributed by atoms with Crippen molar-refractivity contribution in [1.82, 2.24) is 4.72 Å². The highest BCUT2D eigenvalue weighted by atomic mass is 32.2. The zero-order valence-electron chi connectivity index (χ0n) is 16.4. The molecule has 2 aromatic rings. The quantitative estimate of drug-likeness (QED) is 0.660. The molecule has 0 bridgehead atoms. The van der Waals surface area contributed by atoms with Gasteiger partial charge in [-0.25, -0.2) is 13.1 Å². The van der Waals surface area contributed by atoms with Gasteiger partial charge in [-0.05, 0) is 48.2 Å². The number of hydrogen-bond donors (Lipinski definition) is 1. The van der Waals surface area contributed by atoms with E-state index in [-0.39, 0.29) is 24.0 Å². The van der Waals surface area contributed by atoms with Crippen molar-refractivity contribution in [2.24, 2.45) is 0 Å². The van der Waals surface area contributed by atoms with E-state index in [1.54, 1.807) is 45.4 Å². The predicted molar refractivity (Wildman–Crippen MR) is 105 cm³/mol. The molecule has 0 spiro atoms. The third-order valence-corrected chi connectivity index (χ3v) is 5.75. The van der Waals surface area contributed by atoms with Crippen LogP contribution in [0.5, 0.6) is 17.2 Å². The highest BCUT2D eigenvalue weighted by Crippen LogP contribution is 2.31. The van der Waals surface area contributed by atoms with E-state index in [4.69, 9.17) is 14.2 Å². The molecule has 0 atom stereocenters. The number of benzene rings is 2. The van der Waals surface area contributed by atoms with E-state index in [9.17, 15) is 8.42 Å². The summed E-state index contributed by atoms with van der Waals surface area (Å²) in [6.07, 6.45) is 0. The van der Waals surface area contributed by atoms with Crippen molar-refractivity contribution in [1.29, 1.82) is 0 Å². The summed E-state index contributed by atoms with van der Waals surface area (Å²) in [5.74, 6) is 2.15. The lowest BCUT2D eigenvalue weighted by Crippen LogP contribution is -2.29. The molecule has 0 saturated heterocycles. The molecular formula is C20H27NO5S. The first kappa shape index (κ1) is 21.1. The third-order valence-electron chi connectivity index (χ3n) is 4.14. The Kier molecular flexibility index (Phi) is 7.10. The lowest BCUT2D eigenvalue weighted by atomic mass is 10.0. The van der Waals surface area contributed by atoms with Crippen LogP contribution in [-0.4, -0.2) is 35.8 Å². The summed E-state index contributed by atoms with van der Waals surface area (Å²) in [5.41, 5.74) is 1.49. The van der Waals surface area contributed by atoms with Crippen LogP contribution >= 0.6 is 0 Å². The fourth-order valence-corrected chi connectivity index (χ4v) is 3.98. The molecule has 0 radical (unpaired) electrons. The van der Waals surface area contributed by atoms with Crippen LogP contribution in [0.25, 0.3) is 0 Å². The first-order valence-corrected chi connectivity index (χ1v) is 10.2. The van der Waals surface area contributed by atoms with E-state index in [0.29, 0.717) is 22.8 Å². The van der Waals surface area contributed by atoms with Gasteiger partial charge in [0.2, 0.25) is 10.0 Å². The molecule has 0 aromatic heterocycles. The molecule has 2 rings (SSSR count). The summed E-state index contributed by atoms with van der Waals surface area (Å²) < 4.78 is 44.1. The number of hydrogen-bond acceptors (Lipinski definition) is 5. The van der Waals surface area contributed by atoms with Gasteiger partial charge >= 0.3 is 0 Å². The molecule has 0 aliphatic rings. The van der Waals surface area contributed by atoms with Gasteiger partial charge in [0.25, 0.3) is 0 Å². The molecule has 0 fully saturated rings. The number of rotatable bonds is 9. The van der Waals surface area contributed by atoms with Gasteiger partial charge in [0.15, 0.2) is 0 Å². The van der Waals surface area contributed by atoms with E-state index < -0.39 is 10.0 Å². The second kappa shape index (κ2) is 9.10. The predicted octanol–water partition coefficient (Wildman–Crippen LogP) is 3.49. The summed E-state index contributed by atoms with van der Waals surface area (Å²) in [6, 6.07) is 10.6. The van der Waals surface area contributed by atoms with Gasteiger partial charge in [0.1, 0.15) is 23.9 Å². The highest BCUT2D eigenvalue weighted by Gasteiger charge is 2.20. The van der Waals surface area contributed by atoms with Crippen molar-refractivity contribution in [3.63, 3.8) is 0 Å². The Bertz CT molecular complexity index is 878. The maximum absolute atomic E-state index is 12.7. The van der Waals surface area contributed by atoms with Crippen molar-refractivity contribution in [2.75, 3.05) is 27.4 Å². The van der Waals surface area contributed by atoms with Gasteiger partial charge in [-0.2, -0.15) is 0 Å². The number of nitrogens with one attached hydrogen (secondary N) is 1. The molecule has 7 heteroatoms. The fraction of sp³-hybridized carbons (Fsp3) is 0.400. The molecule has 1 N–H and O–H groups in total. The minimum Gasteiger partial charge on any atom is -0.497 e. The van der Waals surface area contributed by atoms with E-state index in [2.05, 4.69) is 4.72 Å². The van der Waals surface area contributed by atoms with Crippen molar-refractivity contribution >= 4 is 10.0 Å². The summed E-state index contributed by atoms with van der Waals surface area (Å²) in [5, 5.41) is 0. The minimum atomic E-state index is -3.65. The Hall–Kier alpha value is -2.25. The Labute approximate surface area is 161 Å². The molecule has 0 unspecified atom stereocenters. The highest BCUT2D eigenvalue weighted by molar-refractivity contribution is 7.89. The maximum Gasteiger partial charge on any atom is 0.240 e. The number of aryl methyl sites for hydroxylation is 1. The normalized spacial score (nSPS) is 11.5. The van der Waals surface area contributed by atoms with Crippen LogP contribution < -0.4 is 18.9 Å². The van der Waals surface area contributed by atoms with Gasteiger partial charge < -0.3 is 14.2 Å². The first-order chi connectivity index (χ1) is 12.8. The lowest BCUT2D eigenvalue weighted by Gasteiger charge is -2.16. The van der Waals surface area contributed by atoms with Crippen LogP contribution in [0.4, 0.5) is 0 Å². The molecule has 6 nitrogen and oxygen atoms in total. The number of methoxy groups -OCH3 is 2. The largest absolute Gasteiger partial charge is 0.497 e. The van der Waals surface area contributed by atoms with Crippen LogP contribution in [0.1, 0.15) is 30.9 Å².